The molecule has 0 aliphatic carbocycles. The molecule has 9 nitrogen and oxygen atoms in total. The summed E-state index contributed by atoms with van der Waals surface area (Å²) in [6, 6.07) is 6.21. The Morgan fingerprint density at radius 2 is 1.68 bits per heavy atom. The fourth-order valence-electron chi connectivity index (χ4n) is 2.66. The van der Waals surface area contributed by atoms with Crippen LogP contribution in [0.2, 0.25) is 0 Å². The Bertz CT molecular complexity index is 745. The van der Waals surface area contributed by atoms with E-state index in [1.807, 2.05) is 12.3 Å². The van der Waals surface area contributed by atoms with Crippen LogP contribution in [0.3, 0.4) is 0 Å². The van der Waals surface area contributed by atoms with Crippen LogP contribution >= 0.6 is 11.8 Å². The number of amides is 3. The molecule has 0 spiro atoms. The summed E-state index contributed by atoms with van der Waals surface area (Å²) < 4.78 is 0. The number of nitrogens with one attached hydrogen (secondary N) is 3. The molecule has 0 aliphatic rings. The zero-order valence-corrected chi connectivity index (χ0v) is 18.9. The van der Waals surface area contributed by atoms with Gasteiger partial charge in [0.2, 0.25) is 17.7 Å². The van der Waals surface area contributed by atoms with Crippen LogP contribution in [0.4, 0.5) is 0 Å². The third kappa shape index (κ3) is 9.84. The predicted octanol–water partition coefficient (Wildman–Crippen LogP) is 0.136. The minimum Gasteiger partial charge on any atom is -0.480 e. The molecule has 172 valence electrons. The molecule has 3 atom stereocenters. The Labute approximate surface area is 186 Å². The van der Waals surface area contributed by atoms with Crippen molar-refractivity contribution in [1.29, 1.82) is 0 Å². The minimum absolute atomic E-state index is 0.0902. The number of benzene rings is 1. The minimum atomic E-state index is -1.17. The van der Waals surface area contributed by atoms with Gasteiger partial charge in [-0.3, -0.25) is 14.4 Å². The molecule has 0 saturated carbocycles. The number of thioether (sulfide) groups is 1. The SMILES string of the molecule is CSCCC(NC(=O)C(N)C(C)C)C(=O)NCC(=O)NC(Cc1ccccc1)C(=O)O. The zero-order chi connectivity index (χ0) is 23.4. The summed E-state index contributed by atoms with van der Waals surface area (Å²) in [5.74, 6) is -2.23. The Balaban J connectivity index is 2.64. The highest BCUT2D eigenvalue weighted by molar-refractivity contribution is 7.98. The summed E-state index contributed by atoms with van der Waals surface area (Å²) >= 11 is 1.52. The zero-order valence-electron chi connectivity index (χ0n) is 18.1. The fraction of sp³-hybridized carbons (Fsp3) is 0.524. The highest BCUT2D eigenvalue weighted by Gasteiger charge is 2.26. The van der Waals surface area contributed by atoms with Gasteiger partial charge in [-0.05, 0) is 29.9 Å². The van der Waals surface area contributed by atoms with Crippen LogP contribution in [0.25, 0.3) is 0 Å². The normalized spacial score (nSPS) is 13.7. The second-order valence-electron chi connectivity index (χ2n) is 7.48. The number of nitrogens with two attached hydrogens (primary N) is 1. The van der Waals surface area contributed by atoms with Gasteiger partial charge in [0.15, 0.2) is 0 Å². The molecule has 0 fully saturated rings. The first-order chi connectivity index (χ1) is 14.6. The fourth-order valence-corrected chi connectivity index (χ4v) is 3.13. The van der Waals surface area contributed by atoms with Crippen LogP contribution in [-0.4, -0.2) is 65.5 Å². The van der Waals surface area contributed by atoms with Crippen LogP contribution in [0.5, 0.6) is 0 Å². The van der Waals surface area contributed by atoms with E-state index in [2.05, 4.69) is 16.0 Å². The molecule has 1 aromatic carbocycles. The lowest BCUT2D eigenvalue weighted by molar-refractivity contribution is -0.141. The Kier molecular flexibility index (Phi) is 11.7. The third-order valence-electron chi connectivity index (χ3n) is 4.60. The van der Waals surface area contributed by atoms with Gasteiger partial charge in [0, 0.05) is 6.42 Å². The molecule has 0 aliphatic heterocycles. The summed E-state index contributed by atoms with van der Waals surface area (Å²) in [7, 11) is 0. The van der Waals surface area contributed by atoms with Gasteiger partial charge in [-0.15, -0.1) is 0 Å². The number of hydrogen-bond acceptors (Lipinski definition) is 6. The van der Waals surface area contributed by atoms with E-state index >= 15 is 0 Å². The number of rotatable bonds is 13. The van der Waals surface area contributed by atoms with Gasteiger partial charge in [0.05, 0.1) is 12.6 Å². The molecule has 3 amide bonds. The van der Waals surface area contributed by atoms with E-state index < -0.39 is 48.4 Å². The molecule has 1 rings (SSSR count). The van der Waals surface area contributed by atoms with Gasteiger partial charge in [-0.1, -0.05) is 44.2 Å². The average Bonchev–Trinajstić information content (AvgIpc) is 2.74. The number of carbonyl (C=O) groups excluding carboxylic acids is 3. The van der Waals surface area contributed by atoms with E-state index in [4.69, 9.17) is 5.73 Å². The second kappa shape index (κ2) is 13.7. The number of carboxylic acids is 1. The Morgan fingerprint density at radius 3 is 2.23 bits per heavy atom. The lowest BCUT2D eigenvalue weighted by Gasteiger charge is -2.22. The number of aliphatic carboxylic acids is 1. The summed E-state index contributed by atoms with van der Waals surface area (Å²) in [5.41, 5.74) is 6.60. The molecule has 0 heterocycles. The van der Waals surface area contributed by atoms with Gasteiger partial charge >= 0.3 is 5.97 Å². The second-order valence-corrected chi connectivity index (χ2v) is 8.46. The third-order valence-corrected chi connectivity index (χ3v) is 5.25. The first kappa shape index (κ1) is 26.4. The van der Waals surface area contributed by atoms with Crippen LogP contribution in [0.15, 0.2) is 30.3 Å². The summed E-state index contributed by atoms with van der Waals surface area (Å²) in [4.78, 5) is 48.4. The quantitative estimate of drug-likeness (QED) is 0.285. The summed E-state index contributed by atoms with van der Waals surface area (Å²) in [6.45, 7) is 3.21. The molecule has 31 heavy (non-hydrogen) atoms. The molecule has 3 unspecified atom stereocenters. The molecular formula is C21H32N4O5S. The van der Waals surface area contributed by atoms with Crippen molar-refractivity contribution < 1.29 is 24.3 Å². The topological polar surface area (TPSA) is 151 Å². The van der Waals surface area contributed by atoms with E-state index in [0.29, 0.717) is 12.2 Å². The van der Waals surface area contributed by atoms with Crippen molar-refractivity contribution in [2.45, 2.75) is 44.8 Å². The molecule has 0 saturated heterocycles. The lowest BCUT2D eigenvalue weighted by atomic mass is 10.0. The first-order valence-corrected chi connectivity index (χ1v) is 11.4. The number of hydrogen-bond donors (Lipinski definition) is 5. The predicted molar refractivity (Wildman–Crippen MR) is 120 cm³/mol. The van der Waals surface area contributed by atoms with E-state index in [1.54, 1.807) is 38.1 Å². The number of carbonyl (C=O) groups is 4. The van der Waals surface area contributed by atoms with Crippen molar-refractivity contribution in [2.24, 2.45) is 11.7 Å². The van der Waals surface area contributed by atoms with Crippen LogP contribution in [0, 0.1) is 5.92 Å². The largest absolute Gasteiger partial charge is 0.480 e. The molecular weight excluding hydrogens is 420 g/mol. The van der Waals surface area contributed by atoms with Crippen molar-refractivity contribution in [1.82, 2.24) is 16.0 Å². The Hall–Kier alpha value is -2.59. The molecule has 6 N–H and O–H groups in total. The van der Waals surface area contributed by atoms with Gasteiger partial charge in [-0.25, -0.2) is 4.79 Å². The summed E-state index contributed by atoms with van der Waals surface area (Å²) in [6.07, 6.45) is 2.37. The number of carboxylic acid groups (broad SMARTS) is 1. The van der Waals surface area contributed by atoms with Crippen molar-refractivity contribution in [2.75, 3.05) is 18.6 Å². The highest BCUT2D eigenvalue weighted by Crippen LogP contribution is 2.05. The molecule has 10 heteroatoms. The van der Waals surface area contributed by atoms with Crippen molar-refractivity contribution in [3.8, 4) is 0 Å². The smallest absolute Gasteiger partial charge is 0.326 e. The lowest BCUT2D eigenvalue weighted by Crippen LogP contribution is -2.54. The van der Waals surface area contributed by atoms with Crippen molar-refractivity contribution in [3.05, 3.63) is 35.9 Å². The maximum Gasteiger partial charge on any atom is 0.326 e. The molecule has 0 aromatic heterocycles. The van der Waals surface area contributed by atoms with Gasteiger partial charge in [0.25, 0.3) is 0 Å². The first-order valence-electron chi connectivity index (χ1n) is 10.0. The van der Waals surface area contributed by atoms with Gasteiger partial charge < -0.3 is 26.8 Å². The van der Waals surface area contributed by atoms with Crippen molar-refractivity contribution in [3.63, 3.8) is 0 Å². The summed E-state index contributed by atoms with van der Waals surface area (Å²) in [5, 5.41) is 16.9. The van der Waals surface area contributed by atoms with Crippen LogP contribution < -0.4 is 21.7 Å². The van der Waals surface area contributed by atoms with E-state index in [1.165, 1.54) is 11.8 Å². The maximum atomic E-state index is 12.5. The molecule has 0 radical (unpaired) electrons. The average molecular weight is 453 g/mol. The van der Waals surface area contributed by atoms with Crippen LogP contribution in [0.1, 0.15) is 25.8 Å². The maximum absolute atomic E-state index is 12.5. The molecule has 1 aromatic rings. The Morgan fingerprint density at radius 1 is 1.03 bits per heavy atom. The monoisotopic (exact) mass is 452 g/mol. The standard InChI is InChI=1S/C21H32N4O5S/c1-13(2)18(22)20(28)25-15(9-10-31-3)19(27)23-12-17(26)24-16(21(29)30)11-14-7-5-4-6-8-14/h4-8,13,15-16,18H,9-12,22H2,1-3H3,(H,23,27)(H,24,26)(H,25,28)(H,29,30). The van der Waals surface area contributed by atoms with E-state index in [9.17, 15) is 24.3 Å². The van der Waals surface area contributed by atoms with Crippen molar-refractivity contribution >= 4 is 35.5 Å². The molecule has 0 bridgehead atoms. The van der Waals surface area contributed by atoms with Gasteiger partial charge in [-0.2, -0.15) is 11.8 Å². The van der Waals surface area contributed by atoms with E-state index in [0.717, 1.165) is 5.56 Å². The van der Waals surface area contributed by atoms with Gasteiger partial charge in [0.1, 0.15) is 12.1 Å². The van der Waals surface area contributed by atoms with Crippen LogP contribution in [-0.2, 0) is 25.6 Å². The highest BCUT2D eigenvalue weighted by atomic mass is 32.2. The van der Waals surface area contributed by atoms with E-state index in [-0.39, 0.29) is 12.3 Å².